The summed E-state index contributed by atoms with van der Waals surface area (Å²) in [6.07, 6.45) is 1.98. The van der Waals surface area contributed by atoms with Crippen molar-refractivity contribution in [2.75, 3.05) is 0 Å². The second-order valence-electron chi connectivity index (χ2n) is 4.55. The fourth-order valence-electron chi connectivity index (χ4n) is 2.67. The maximum Gasteiger partial charge on any atom is 0.273 e. The Bertz CT molecular complexity index is 675. The van der Waals surface area contributed by atoms with E-state index in [2.05, 4.69) is 15.4 Å². The van der Waals surface area contributed by atoms with Crippen molar-refractivity contribution in [1.29, 1.82) is 0 Å². The van der Waals surface area contributed by atoms with Crippen LogP contribution in [0.5, 0.6) is 0 Å². The van der Waals surface area contributed by atoms with Crippen molar-refractivity contribution in [3.63, 3.8) is 0 Å². The first-order chi connectivity index (χ1) is 9.22. The smallest absolute Gasteiger partial charge is 0.273 e. The van der Waals surface area contributed by atoms with Gasteiger partial charge in [-0.25, -0.2) is 0 Å². The molecule has 0 fully saturated rings. The zero-order chi connectivity index (χ0) is 13.4. The minimum atomic E-state index is -0.464. The normalized spacial score (nSPS) is 18.1. The number of aryl methyl sites for hydroxylation is 1. The SMILES string of the molecule is NN=CNC(=O)c1[nH]c2cccc3c2c1CCC3O. The second kappa shape index (κ2) is 4.40. The standard InChI is InChI=1S/C13H14N4O2/c14-16-6-15-13(19)12-8-4-5-10(18)7-2-1-3-9(17-12)11(7)8/h1-3,6,10,17-18H,4-5,14H2,(H,15,16,19). The molecular weight excluding hydrogens is 244 g/mol. The van der Waals surface area contributed by atoms with Crippen molar-refractivity contribution in [2.45, 2.75) is 18.9 Å². The van der Waals surface area contributed by atoms with E-state index in [1.54, 1.807) is 0 Å². The fourth-order valence-corrected chi connectivity index (χ4v) is 2.67. The largest absolute Gasteiger partial charge is 0.388 e. The number of rotatable bonds is 2. The van der Waals surface area contributed by atoms with Crippen LogP contribution >= 0.6 is 0 Å². The molecule has 1 aliphatic rings. The molecule has 0 bridgehead atoms. The lowest BCUT2D eigenvalue weighted by molar-refractivity contribution is 0.0972. The lowest BCUT2D eigenvalue weighted by atomic mass is 9.89. The van der Waals surface area contributed by atoms with Crippen LogP contribution in [0.2, 0.25) is 0 Å². The van der Waals surface area contributed by atoms with Gasteiger partial charge in [-0.2, -0.15) is 5.10 Å². The number of H-pyrrole nitrogens is 1. The Hall–Kier alpha value is -2.34. The molecule has 1 aliphatic carbocycles. The van der Waals surface area contributed by atoms with Gasteiger partial charge in [0.2, 0.25) is 0 Å². The van der Waals surface area contributed by atoms with Gasteiger partial charge >= 0.3 is 0 Å². The van der Waals surface area contributed by atoms with Crippen LogP contribution in [-0.4, -0.2) is 22.3 Å². The summed E-state index contributed by atoms with van der Waals surface area (Å²) in [5.41, 5.74) is 3.19. The van der Waals surface area contributed by atoms with Gasteiger partial charge in [0.25, 0.3) is 5.91 Å². The number of aliphatic hydroxyl groups excluding tert-OH is 1. The summed E-state index contributed by atoms with van der Waals surface area (Å²) in [7, 11) is 0. The average molecular weight is 258 g/mol. The van der Waals surface area contributed by atoms with Crippen LogP contribution in [0.1, 0.15) is 34.1 Å². The molecule has 1 heterocycles. The zero-order valence-electron chi connectivity index (χ0n) is 10.2. The van der Waals surface area contributed by atoms with Gasteiger partial charge in [-0.05, 0) is 30.0 Å². The molecule has 0 aliphatic heterocycles. The number of hydrazone groups is 1. The molecule has 1 aromatic carbocycles. The molecule has 19 heavy (non-hydrogen) atoms. The van der Waals surface area contributed by atoms with Gasteiger partial charge in [0, 0.05) is 10.9 Å². The van der Waals surface area contributed by atoms with E-state index in [1.165, 1.54) is 0 Å². The van der Waals surface area contributed by atoms with Crippen LogP contribution in [0.3, 0.4) is 0 Å². The predicted molar refractivity (Wildman–Crippen MR) is 71.7 cm³/mol. The highest BCUT2D eigenvalue weighted by Crippen LogP contribution is 2.37. The Morgan fingerprint density at radius 3 is 3.21 bits per heavy atom. The van der Waals surface area contributed by atoms with Crippen LogP contribution in [-0.2, 0) is 6.42 Å². The lowest BCUT2D eigenvalue weighted by Crippen LogP contribution is -2.24. The molecule has 6 nitrogen and oxygen atoms in total. The Morgan fingerprint density at radius 2 is 2.42 bits per heavy atom. The number of carbonyl (C=O) groups is 1. The van der Waals surface area contributed by atoms with E-state index in [9.17, 15) is 9.90 Å². The van der Waals surface area contributed by atoms with Gasteiger partial charge < -0.3 is 21.2 Å². The van der Waals surface area contributed by atoms with Crippen LogP contribution < -0.4 is 11.2 Å². The predicted octanol–water partition coefficient (Wildman–Crippen LogP) is 0.779. The van der Waals surface area contributed by atoms with Crippen molar-refractivity contribution in [2.24, 2.45) is 10.9 Å². The molecule has 2 aromatic rings. The summed E-state index contributed by atoms with van der Waals surface area (Å²) < 4.78 is 0. The number of amides is 1. The number of aromatic nitrogens is 1. The summed E-state index contributed by atoms with van der Waals surface area (Å²) >= 11 is 0. The number of nitrogens with zero attached hydrogens (tertiary/aromatic N) is 1. The van der Waals surface area contributed by atoms with Crippen molar-refractivity contribution >= 4 is 23.1 Å². The van der Waals surface area contributed by atoms with Gasteiger partial charge in [0.05, 0.1) is 6.10 Å². The number of nitrogens with one attached hydrogen (secondary N) is 2. The third kappa shape index (κ3) is 1.77. The van der Waals surface area contributed by atoms with Gasteiger partial charge in [-0.1, -0.05) is 12.1 Å². The molecular formula is C13H14N4O2. The van der Waals surface area contributed by atoms with Crippen molar-refractivity contribution in [3.8, 4) is 0 Å². The van der Waals surface area contributed by atoms with E-state index in [1.807, 2.05) is 18.2 Å². The molecule has 6 heteroatoms. The molecule has 1 amide bonds. The summed E-state index contributed by atoms with van der Waals surface area (Å²) in [6.45, 7) is 0. The van der Waals surface area contributed by atoms with Crippen molar-refractivity contribution in [1.82, 2.24) is 10.3 Å². The van der Waals surface area contributed by atoms with E-state index >= 15 is 0 Å². The number of hydrogen-bond donors (Lipinski definition) is 4. The Kier molecular flexibility index (Phi) is 2.72. The van der Waals surface area contributed by atoms with E-state index < -0.39 is 6.10 Å². The zero-order valence-corrected chi connectivity index (χ0v) is 10.2. The first-order valence-electron chi connectivity index (χ1n) is 6.06. The third-order valence-corrected chi connectivity index (χ3v) is 3.48. The lowest BCUT2D eigenvalue weighted by Gasteiger charge is -2.18. The molecule has 1 unspecified atom stereocenters. The van der Waals surface area contributed by atoms with Gasteiger partial charge in [0.1, 0.15) is 12.0 Å². The highest BCUT2D eigenvalue weighted by Gasteiger charge is 2.26. The van der Waals surface area contributed by atoms with Gasteiger partial charge in [0.15, 0.2) is 0 Å². The summed E-state index contributed by atoms with van der Waals surface area (Å²) in [6, 6.07) is 5.66. The number of nitrogens with two attached hydrogens (primary N) is 1. The highest BCUT2D eigenvalue weighted by atomic mass is 16.3. The molecule has 0 saturated carbocycles. The number of hydrogen-bond acceptors (Lipinski definition) is 4. The van der Waals surface area contributed by atoms with E-state index in [4.69, 9.17) is 5.84 Å². The fraction of sp³-hybridized carbons (Fsp3) is 0.231. The second-order valence-corrected chi connectivity index (χ2v) is 4.55. The monoisotopic (exact) mass is 258 g/mol. The topological polar surface area (TPSA) is 103 Å². The maximum atomic E-state index is 12.0. The van der Waals surface area contributed by atoms with E-state index in [0.717, 1.165) is 28.4 Å². The minimum Gasteiger partial charge on any atom is -0.388 e. The molecule has 1 atom stereocenters. The average Bonchev–Trinajstić information content (AvgIpc) is 2.80. The minimum absolute atomic E-state index is 0.275. The van der Waals surface area contributed by atoms with Crippen LogP contribution in [0, 0.1) is 0 Å². The van der Waals surface area contributed by atoms with E-state index in [-0.39, 0.29) is 5.91 Å². The van der Waals surface area contributed by atoms with Crippen LogP contribution in [0.15, 0.2) is 23.3 Å². The maximum absolute atomic E-state index is 12.0. The Labute approximate surface area is 109 Å². The number of benzene rings is 1. The highest BCUT2D eigenvalue weighted by molar-refractivity contribution is 6.05. The van der Waals surface area contributed by atoms with Crippen molar-refractivity contribution < 1.29 is 9.90 Å². The summed E-state index contributed by atoms with van der Waals surface area (Å²) in [4.78, 5) is 15.1. The molecule has 0 saturated heterocycles. The van der Waals surface area contributed by atoms with Crippen molar-refractivity contribution in [3.05, 3.63) is 35.0 Å². The molecule has 1 aromatic heterocycles. The molecule has 5 N–H and O–H groups in total. The van der Waals surface area contributed by atoms with Crippen LogP contribution in [0.4, 0.5) is 0 Å². The van der Waals surface area contributed by atoms with Gasteiger partial charge in [-0.3, -0.25) is 4.79 Å². The number of aromatic amines is 1. The Balaban J connectivity index is 2.16. The Morgan fingerprint density at radius 1 is 1.58 bits per heavy atom. The molecule has 98 valence electrons. The van der Waals surface area contributed by atoms with E-state index in [0.29, 0.717) is 18.5 Å². The molecule has 0 radical (unpaired) electrons. The third-order valence-electron chi connectivity index (χ3n) is 3.48. The first kappa shape index (κ1) is 11.7. The van der Waals surface area contributed by atoms with Gasteiger partial charge in [-0.15, -0.1) is 0 Å². The number of carbonyl (C=O) groups excluding carboxylic acids is 1. The molecule has 3 rings (SSSR count). The molecule has 0 spiro atoms. The summed E-state index contributed by atoms with van der Waals surface area (Å²) in [5.74, 6) is 4.69. The van der Waals surface area contributed by atoms with Crippen LogP contribution in [0.25, 0.3) is 10.9 Å². The number of aliphatic hydroxyl groups is 1. The summed E-state index contributed by atoms with van der Waals surface area (Å²) in [5, 5.41) is 16.7. The first-order valence-corrected chi connectivity index (χ1v) is 6.06. The quantitative estimate of drug-likeness (QED) is 0.277.